The SMILES string of the molecule is CCn1cc(CN(C)C(=S)Nc2ccc(OC)cc2OC)c(C)n1. The zero-order valence-electron chi connectivity index (χ0n) is 14.8. The van der Waals surface area contributed by atoms with Crippen LogP contribution in [0.5, 0.6) is 11.5 Å². The second-order valence-corrected chi connectivity index (χ2v) is 5.83. The largest absolute Gasteiger partial charge is 0.497 e. The lowest BCUT2D eigenvalue weighted by Crippen LogP contribution is -2.30. The van der Waals surface area contributed by atoms with E-state index in [2.05, 4.69) is 23.5 Å². The lowest BCUT2D eigenvalue weighted by Gasteiger charge is -2.22. The normalized spacial score (nSPS) is 10.4. The molecule has 130 valence electrons. The molecule has 7 heteroatoms. The molecule has 6 nitrogen and oxygen atoms in total. The van der Waals surface area contributed by atoms with Crippen LogP contribution in [0.1, 0.15) is 18.2 Å². The van der Waals surface area contributed by atoms with Crippen molar-refractivity contribution >= 4 is 23.0 Å². The van der Waals surface area contributed by atoms with Crippen LogP contribution < -0.4 is 14.8 Å². The lowest BCUT2D eigenvalue weighted by molar-refractivity contribution is 0.395. The number of nitrogens with zero attached hydrogens (tertiary/aromatic N) is 3. The number of benzene rings is 1. The van der Waals surface area contributed by atoms with Crippen LogP contribution in [0.4, 0.5) is 5.69 Å². The highest BCUT2D eigenvalue weighted by Gasteiger charge is 2.12. The van der Waals surface area contributed by atoms with Crippen LogP contribution in [-0.2, 0) is 13.1 Å². The molecule has 0 aliphatic carbocycles. The maximum atomic E-state index is 5.51. The molecule has 0 amide bonds. The summed E-state index contributed by atoms with van der Waals surface area (Å²) in [7, 11) is 5.20. The molecule has 0 aliphatic rings. The fraction of sp³-hybridized carbons (Fsp3) is 0.412. The summed E-state index contributed by atoms with van der Waals surface area (Å²) in [6.45, 7) is 5.63. The number of aryl methyl sites for hydroxylation is 2. The van der Waals surface area contributed by atoms with Gasteiger partial charge in [0, 0.05) is 38.0 Å². The highest BCUT2D eigenvalue weighted by atomic mass is 32.1. The second-order valence-electron chi connectivity index (χ2n) is 5.45. The number of methoxy groups -OCH3 is 2. The minimum atomic E-state index is 0.613. The average molecular weight is 348 g/mol. The van der Waals surface area contributed by atoms with Gasteiger partial charge in [-0.15, -0.1) is 0 Å². The molecule has 0 bridgehead atoms. The highest BCUT2D eigenvalue weighted by molar-refractivity contribution is 7.80. The zero-order valence-corrected chi connectivity index (χ0v) is 15.6. The summed E-state index contributed by atoms with van der Waals surface area (Å²) in [4.78, 5) is 1.98. The molecular weight excluding hydrogens is 324 g/mol. The molecule has 0 radical (unpaired) electrons. The average Bonchev–Trinajstić information content (AvgIpc) is 2.95. The number of anilines is 1. The van der Waals surface area contributed by atoms with Crippen LogP contribution >= 0.6 is 12.2 Å². The summed E-state index contributed by atoms with van der Waals surface area (Å²) in [5, 5.41) is 8.30. The van der Waals surface area contributed by atoms with Gasteiger partial charge in [0.1, 0.15) is 11.5 Å². The molecule has 2 aromatic rings. The Morgan fingerprint density at radius 1 is 1.33 bits per heavy atom. The molecule has 1 aromatic heterocycles. The van der Waals surface area contributed by atoms with E-state index in [-0.39, 0.29) is 0 Å². The number of ether oxygens (including phenoxy) is 2. The van der Waals surface area contributed by atoms with Crippen molar-refractivity contribution in [2.75, 3.05) is 26.6 Å². The second kappa shape index (κ2) is 8.01. The summed E-state index contributed by atoms with van der Waals surface area (Å²) in [6.07, 6.45) is 2.06. The number of rotatable bonds is 6. The Labute approximate surface area is 148 Å². The molecule has 24 heavy (non-hydrogen) atoms. The molecule has 1 aromatic carbocycles. The minimum Gasteiger partial charge on any atom is -0.497 e. The van der Waals surface area contributed by atoms with Gasteiger partial charge in [0.25, 0.3) is 0 Å². The fourth-order valence-electron chi connectivity index (χ4n) is 2.32. The first kappa shape index (κ1) is 18.1. The van der Waals surface area contributed by atoms with Gasteiger partial charge in [-0.25, -0.2) is 0 Å². The van der Waals surface area contributed by atoms with E-state index in [9.17, 15) is 0 Å². The van der Waals surface area contributed by atoms with E-state index >= 15 is 0 Å². The van der Waals surface area contributed by atoms with Crippen LogP contribution in [0.25, 0.3) is 0 Å². The van der Waals surface area contributed by atoms with Crippen LogP contribution in [-0.4, -0.2) is 41.1 Å². The van der Waals surface area contributed by atoms with Crippen LogP contribution in [0, 0.1) is 6.92 Å². The summed E-state index contributed by atoms with van der Waals surface area (Å²) in [5.74, 6) is 1.42. The van der Waals surface area contributed by atoms with Crippen LogP contribution in [0.2, 0.25) is 0 Å². The van der Waals surface area contributed by atoms with Crippen LogP contribution in [0.3, 0.4) is 0 Å². The predicted octanol–water partition coefficient (Wildman–Crippen LogP) is 3.06. The molecule has 0 fully saturated rings. The predicted molar refractivity (Wildman–Crippen MR) is 99.9 cm³/mol. The highest BCUT2D eigenvalue weighted by Crippen LogP contribution is 2.29. The van der Waals surface area contributed by atoms with Gasteiger partial charge in [-0.2, -0.15) is 5.10 Å². The Morgan fingerprint density at radius 3 is 2.67 bits per heavy atom. The van der Waals surface area contributed by atoms with E-state index in [1.165, 1.54) is 0 Å². The third-order valence-electron chi connectivity index (χ3n) is 3.78. The summed E-state index contributed by atoms with van der Waals surface area (Å²) in [6, 6.07) is 5.57. The maximum Gasteiger partial charge on any atom is 0.173 e. The number of hydrogen-bond acceptors (Lipinski definition) is 4. The van der Waals surface area contributed by atoms with Gasteiger partial charge >= 0.3 is 0 Å². The van der Waals surface area contributed by atoms with Gasteiger partial charge in [0.15, 0.2) is 5.11 Å². The van der Waals surface area contributed by atoms with E-state index in [1.807, 2.05) is 41.8 Å². The van der Waals surface area contributed by atoms with Crippen molar-refractivity contribution in [3.05, 3.63) is 35.7 Å². The number of thiocarbonyl (C=S) groups is 1. The Kier molecular flexibility index (Phi) is 6.03. The summed E-state index contributed by atoms with van der Waals surface area (Å²) in [5.41, 5.74) is 2.98. The first-order chi connectivity index (χ1) is 11.5. The van der Waals surface area contributed by atoms with Gasteiger partial charge < -0.3 is 19.7 Å². The number of aromatic nitrogens is 2. The van der Waals surface area contributed by atoms with E-state index < -0.39 is 0 Å². The fourth-order valence-corrected chi connectivity index (χ4v) is 2.49. The van der Waals surface area contributed by atoms with Crippen LogP contribution in [0.15, 0.2) is 24.4 Å². The molecule has 0 saturated carbocycles. The number of hydrogen-bond donors (Lipinski definition) is 1. The molecule has 0 saturated heterocycles. The Hall–Kier alpha value is -2.28. The molecule has 2 rings (SSSR count). The first-order valence-corrected chi connectivity index (χ1v) is 8.16. The van der Waals surface area contributed by atoms with Crippen molar-refractivity contribution in [1.29, 1.82) is 0 Å². The number of nitrogens with one attached hydrogen (secondary N) is 1. The first-order valence-electron chi connectivity index (χ1n) is 7.75. The smallest absolute Gasteiger partial charge is 0.173 e. The van der Waals surface area contributed by atoms with E-state index in [4.69, 9.17) is 21.7 Å². The van der Waals surface area contributed by atoms with Gasteiger partial charge in [-0.3, -0.25) is 4.68 Å². The molecule has 0 aliphatic heterocycles. The molecular formula is C17H24N4O2S. The van der Waals surface area contributed by atoms with Gasteiger partial charge in [-0.05, 0) is 38.2 Å². The summed E-state index contributed by atoms with van der Waals surface area (Å²) < 4.78 is 12.5. The van der Waals surface area contributed by atoms with Crippen molar-refractivity contribution < 1.29 is 9.47 Å². The maximum absolute atomic E-state index is 5.51. The Balaban J connectivity index is 2.07. The Morgan fingerprint density at radius 2 is 2.08 bits per heavy atom. The van der Waals surface area contributed by atoms with E-state index in [1.54, 1.807) is 14.2 Å². The molecule has 0 unspecified atom stereocenters. The van der Waals surface area contributed by atoms with Gasteiger partial charge in [-0.1, -0.05) is 0 Å². The topological polar surface area (TPSA) is 51.5 Å². The van der Waals surface area contributed by atoms with Crippen molar-refractivity contribution in [2.45, 2.75) is 26.9 Å². The quantitative estimate of drug-likeness (QED) is 0.810. The lowest BCUT2D eigenvalue weighted by atomic mass is 10.2. The zero-order chi connectivity index (χ0) is 17.7. The standard InChI is InChI=1S/C17H24N4O2S/c1-6-21-11-13(12(2)19-21)10-20(3)17(24)18-15-8-7-14(22-4)9-16(15)23-5/h7-9,11H,6,10H2,1-5H3,(H,18,24). The summed E-state index contributed by atoms with van der Waals surface area (Å²) >= 11 is 5.51. The van der Waals surface area contributed by atoms with E-state index in [0.717, 1.165) is 29.2 Å². The Bertz CT molecular complexity index is 715. The molecule has 0 spiro atoms. The van der Waals surface area contributed by atoms with Crippen molar-refractivity contribution in [3.63, 3.8) is 0 Å². The molecule has 1 N–H and O–H groups in total. The van der Waals surface area contributed by atoms with Gasteiger partial charge in [0.2, 0.25) is 0 Å². The molecule has 0 atom stereocenters. The van der Waals surface area contributed by atoms with Crippen molar-refractivity contribution in [3.8, 4) is 11.5 Å². The van der Waals surface area contributed by atoms with E-state index in [0.29, 0.717) is 17.4 Å². The van der Waals surface area contributed by atoms with Crippen molar-refractivity contribution in [2.24, 2.45) is 0 Å². The molecule has 1 heterocycles. The third-order valence-corrected chi connectivity index (χ3v) is 4.19. The monoisotopic (exact) mass is 348 g/mol. The minimum absolute atomic E-state index is 0.613. The third kappa shape index (κ3) is 4.17. The van der Waals surface area contributed by atoms with Gasteiger partial charge in [0.05, 0.1) is 25.6 Å². The van der Waals surface area contributed by atoms with Crippen molar-refractivity contribution in [1.82, 2.24) is 14.7 Å².